The quantitative estimate of drug-likeness (QED) is 0.855. The van der Waals surface area contributed by atoms with E-state index >= 15 is 0 Å². The van der Waals surface area contributed by atoms with Gasteiger partial charge in [-0.05, 0) is 42.2 Å². The zero-order chi connectivity index (χ0) is 17.9. The molecule has 1 amide bonds. The molecule has 0 spiro atoms. The molecule has 0 fully saturated rings. The lowest BCUT2D eigenvalue weighted by atomic mass is 9.92. The van der Waals surface area contributed by atoms with Gasteiger partial charge in [-0.3, -0.25) is 4.79 Å². The largest absolute Gasteiger partial charge is 0.345 e. The van der Waals surface area contributed by atoms with Crippen molar-refractivity contribution >= 4 is 15.6 Å². The van der Waals surface area contributed by atoms with Gasteiger partial charge in [-0.1, -0.05) is 44.2 Å². The van der Waals surface area contributed by atoms with E-state index in [1.807, 2.05) is 31.2 Å². The van der Waals surface area contributed by atoms with Crippen LogP contribution in [0.3, 0.4) is 0 Å². The summed E-state index contributed by atoms with van der Waals surface area (Å²) in [6, 6.07) is 14.4. The maximum atomic E-state index is 12.7. The molecule has 2 N–H and O–H groups in total. The molecule has 2 rings (SSSR count). The van der Waals surface area contributed by atoms with E-state index in [1.54, 1.807) is 24.3 Å². The number of carbonyl (C=O) groups is 1. The summed E-state index contributed by atoms with van der Waals surface area (Å²) in [5, 5.41) is 3.08. The van der Waals surface area contributed by atoms with Crippen LogP contribution < -0.4 is 5.32 Å². The summed E-state index contributed by atoms with van der Waals surface area (Å²) >= 11 is 0. The van der Waals surface area contributed by atoms with Gasteiger partial charge in [0.15, 0.2) is 0 Å². The second-order valence-corrected chi connectivity index (χ2v) is 8.58. The van der Waals surface area contributed by atoms with Gasteiger partial charge in [0, 0.05) is 16.7 Å². The zero-order valence-electron chi connectivity index (χ0n) is 14.5. The highest BCUT2D eigenvalue weighted by Crippen LogP contribution is 2.25. The molecule has 0 bridgehead atoms. The van der Waals surface area contributed by atoms with E-state index in [0.29, 0.717) is 10.5 Å². The number of rotatable bonds is 5. The summed E-state index contributed by atoms with van der Waals surface area (Å²) < 4.78 is 19.6. The van der Waals surface area contributed by atoms with Crippen molar-refractivity contribution in [3.05, 3.63) is 65.2 Å². The Morgan fingerprint density at radius 2 is 1.79 bits per heavy atom. The minimum absolute atomic E-state index is 0.107. The van der Waals surface area contributed by atoms with Crippen LogP contribution in [0.15, 0.2) is 53.4 Å². The number of nitrogens with one attached hydrogen (secondary N) is 2. The Labute approximate surface area is 144 Å². The smallest absolute Gasteiger partial charge is 0.251 e. The highest BCUT2D eigenvalue weighted by molar-refractivity contribution is 7.91. The normalized spacial score (nSPS) is 14.9. The summed E-state index contributed by atoms with van der Waals surface area (Å²) in [5.41, 5.74) is 2.65. The van der Waals surface area contributed by atoms with Gasteiger partial charge in [0.2, 0.25) is 0 Å². The Balaban J connectivity index is 2.31. The molecular weight excluding hydrogens is 320 g/mol. The minimum atomic E-state index is -2.84. The average Bonchev–Trinajstić information content (AvgIpc) is 2.52. The number of benzene rings is 2. The third-order valence-electron chi connectivity index (χ3n) is 4.02. The molecular formula is C19H24N2O2S. The van der Waals surface area contributed by atoms with Crippen LogP contribution in [0, 0.1) is 17.6 Å². The molecule has 0 heterocycles. The van der Waals surface area contributed by atoms with E-state index < -0.39 is 9.73 Å². The predicted octanol–water partition coefficient (Wildman–Crippen LogP) is 4.16. The van der Waals surface area contributed by atoms with Crippen molar-refractivity contribution in [2.24, 2.45) is 5.92 Å². The van der Waals surface area contributed by atoms with Gasteiger partial charge in [0.05, 0.1) is 15.8 Å². The standard InChI is InChI=1S/C19H24N2O2S/c1-13(2)18(17-11-6-5-8-14(17)3)21-19(22)15-9-7-10-16(12-15)24(4,20)23/h5-13,18,20H,1-4H3,(H,21,22). The number of hydrogen-bond acceptors (Lipinski definition) is 3. The van der Waals surface area contributed by atoms with Crippen LogP contribution >= 0.6 is 0 Å². The fourth-order valence-electron chi connectivity index (χ4n) is 2.64. The van der Waals surface area contributed by atoms with Gasteiger partial charge >= 0.3 is 0 Å². The topological polar surface area (TPSA) is 70.0 Å². The van der Waals surface area contributed by atoms with Crippen molar-refractivity contribution in [1.29, 1.82) is 4.78 Å². The molecule has 0 saturated carbocycles. The molecule has 0 aliphatic carbocycles. The molecule has 2 unspecified atom stereocenters. The summed E-state index contributed by atoms with van der Waals surface area (Å²) in [7, 11) is -2.84. The molecule has 0 aromatic heterocycles. The number of carbonyl (C=O) groups excluding carboxylic acids is 1. The Morgan fingerprint density at radius 1 is 1.12 bits per heavy atom. The van der Waals surface area contributed by atoms with E-state index in [-0.39, 0.29) is 17.9 Å². The lowest BCUT2D eigenvalue weighted by Gasteiger charge is -2.24. The van der Waals surface area contributed by atoms with Gasteiger partial charge in [-0.25, -0.2) is 8.99 Å². The molecule has 0 saturated heterocycles. The van der Waals surface area contributed by atoms with Gasteiger partial charge in [0.1, 0.15) is 0 Å². The Morgan fingerprint density at radius 3 is 2.38 bits per heavy atom. The van der Waals surface area contributed by atoms with Crippen molar-refractivity contribution in [2.75, 3.05) is 6.26 Å². The van der Waals surface area contributed by atoms with Gasteiger partial charge in [-0.2, -0.15) is 0 Å². The van der Waals surface area contributed by atoms with Crippen LogP contribution in [-0.4, -0.2) is 16.4 Å². The van der Waals surface area contributed by atoms with Crippen molar-refractivity contribution in [3.63, 3.8) is 0 Å². The van der Waals surface area contributed by atoms with E-state index in [1.165, 1.54) is 6.26 Å². The third-order valence-corrected chi connectivity index (χ3v) is 5.18. The van der Waals surface area contributed by atoms with E-state index in [0.717, 1.165) is 11.1 Å². The Bertz CT molecular complexity index is 842. The molecule has 4 nitrogen and oxygen atoms in total. The van der Waals surface area contributed by atoms with Crippen molar-refractivity contribution < 1.29 is 9.00 Å². The molecule has 2 aromatic carbocycles. The highest BCUT2D eigenvalue weighted by Gasteiger charge is 2.21. The molecule has 0 radical (unpaired) electrons. The Hall–Kier alpha value is -2.14. The fourth-order valence-corrected chi connectivity index (χ4v) is 3.33. The first-order valence-corrected chi connectivity index (χ1v) is 9.87. The van der Waals surface area contributed by atoms with Gasteiger partial charge in [0.25, 0.3) is 5.91 Å². The minimum Gasteiger partial charge on any atom is -0.345 e. The van der Waals surface area contributed by atoms with Gasteiger partial charge in [-0.15, -0.1) is 0 Å². The third kappa shape index (κ3) is 4.23. The first-order chi connectivity index (χ1) is 11.2. The second-order valence-electron chi connectivity index (χ2n) is 6.42. The van der Waals surface area contributed by atoms with Crippen molar-refractivity contribution in [2.45, 2.75) is 31.7 Å². The van der Waals surface area contributed by atoms with Crippen LogP contribution in [-0.2, 0) is 9.73 Å². The van der Waals surface area contributed by atoms with Crippen molar-refractivity contribution in [3.8, 4) is 0 Å². The molecule has 2 atom stereocenters. The molecule has 0 aliphatic rings. The van der Waals surface area contributed by atoms with Crippen LogP contribution in [0.25, 0.3) is 0 Å². The van der Waals surface area contributed by atoms with Crippen LogP contribution in [0.1, 0.15) is 41.4 Å². The Kier molecular flexibility index (Phi) is 5.44. The van der Waals surface area contributed by atoms with Gasteiger partial charge < -0.3 is 5.32 Å². The number of aryl methyl sites for hydroxylation is 1. The molecule has 2 aromatic rings. The molecule has 5 heteroatoms. The lowest BCUT2D eigenvalue weighted by molar-refractivity contribution is 0.0925. The predicted molar refractivity (Wildman–Crippen MR) is 97.7 cm³/mol. The van der Waals surface area contributed by atoms with E-state index in [2.05, 4.69) is 19.2 Å². The first kappa shape index (κ1) is 18.2. The van der Waals surface area contributed by atoms with Crippen molar-refractivity contribution in [1.82, 2.24) is 5.32 Å². The zero-order valence-corrected chi connectivity index (χ0v) is 15.3. The average molecular weight is 344 g/mol. The molecule has 24 heavy (non-hydrogen) atoms. The van der Waals surface area contributed by atoms with Crippen LogP contribution in [0.4, 0.5) is 0 Å². The molecule has 0 aliphatic heterocycles. The maximum Gasteiger partial charge on any atom is 0.251 e. The second kappa shape index (κ2) is 7.18. The number of hydrogen-bond donors (Lipinski definition) is 2. The summed E-state index contributed by atoms with van der Waals surface area (Å²) in [5.74, 6) is 0.00672. The SMILES string of the molecule is Cc1ccccc1C(NC(=O)c1cccc(S(C)(=N)=O)c1)C(C)C. The highest BCUT2D eigenvalue weighted by atomic mass is 32.2. The maximum absolute atomic E-state index is 12.7. The van der Waals surface area contributed by atoms with E-state index in [9.17, 15) is 9.00 Å². The van der Waals surface area contributed by atoms with Crippen LogP contribution in [0.2, 0.25) is 0 Å². The van der Waals surface area contributed by atoms with E-state index in [4.69, 9.17) is 4.78 Å². The monoisotopic (exact) mass is 344 g/mol. The molecule has 128 valence electrons. The van der Waals surface area contributed by atoms with Crippen LogP contribution in [0.5, 0.6) is 0 Å². The summed E-state index contributed by atoms with van der Waals surface area (Å²) in [4.78, 5) is 13.0. The summed E-state index contributed by atoms with van der Waals surface area (Å²) in [6.45, 7) is 6.16. The summed E-state index contributed by atoms with van der Waals surface area (Å²) in [6.07, 6.45) is 1.36. The number of amides is 1. The lowest BCUT2D eigenvalue weighted by Crippen LogP contribution is -2.32. The fraction of sp³-hybridized carbons (Fsp3) is 0.316. The first-order valence-electron chi connectivity index (χ1n) is 7.90.